The minimum absolute atomic E-state index is 0.0280. The molecule has 0 saturated carbocycles. The zero-order valence-electron chi connectivity index (χ0n) is 22.1. The second-order valence-electron chi connectivity index (χ2n) is 9.47. The molecule has 17 heteroatoms. The first-order chi connectivity index (χ1) is 19.3. The van der Waals surface area contributed by atoms with Crippen LogP contribution in [0, 0.1) is 13.8 Å². The van der Waals surface area contributed by atoms with Gasteiger partial charge in [0.2, 0.25) is 11.8 Å². The molecule has 14 nitrogen and oxygen atoms in total. The third-order valence-corrected chi connectivity index (χ3v) is 6.62. The Labute approximate surface area is 230 Å². The van der Waals surface area contributed by atoms with E-state index >= 15 is 0 Å². The number of aliphatic imine (C=N–C) groups is 1. The van der Waals surface area contributed by atoms with Crippen LogP contribution in [0.5, 0.6) is 0 Å². The quantitative estimate of drug-likeness (QED) is 0.462. The maximum atomic E-state index is 13.4. The lowest BCUT2D eigenvalue weighted by molar-refractivity contribution is -0.142. The number of rotatable bonds is 6. The maximum Gasteiger partial charge on any atom is 0.433 e. The molecule has 1 N–H and O–H groups in total. The molecule has 5 rings (SSSR count). The van der Waals surface area contributed by atoms with Crippen LogP contribution in [0.1, 0.15) is 29.9 Å². The minimum atomic E-state index is -4.59. The Morgan fingerprint density at radius 2 is 1.93 bits per heavy atom. The van der Waals surface area contributed by atoms with Gasteiger partial charge in [-0.3, -0.25) is 24.5 Å². The number of carbonyl (C=O) groups excluding carboxylic acids is 3. The molecule has 3 atom stereocenters. The van der Waals surface area contributed by atoms with Crippen molar-refractivity contribution in [3.05, 3.63) is 47.6 Å². The number of pyridine rings is 1. The number of likely N-dealkylation sites (N-methyl/N-ethyl adjacent to an activating group) is 1. The van der Waals surface area contributed by atoms with Crippen molar-refractivity contribution in [1.29, 1.82) is 0 Å². The summed E-state index contributed by atoms with van der Waals surface area (Å²) in [6.07, 6.45) is -0.491. The first-order valence-corrected chi connectivity index (χ1v) is 12.2. The van der Waals surface area contributed by atoms with Crippen LogP contribution in [0.25, 0.3) is 11.3 Å². The van der Waals surface area contributed by atoms with E-state index in [-0.39, 0.29) is 35.1 Å². The van der Waals surface area contributed by atoms with Crippen molar-refractivity contribution in [2.24, 2.45) is 4.99 Å². The number of carbonyl (C=O) groups is 3. The Morgan fingerprint density at radius 3 is 2.59 bits per heavy atom. The molecule has 1 fully saturated rings. The van der Waals surface area contributed by atoms with E-state index in [1.54, 1.807) is 13.8 Å². The number of nitrogens with one attached hydrogen (secondary N) is 1. The summed E-state index contributed by atoms with van der Waals surface area (Å²) in [5.74, 6) is -0.727. The largest absolute Gasteiger partial charge is 0.433 e. The van der Waals surface area contributed by atoms with Crippen LogP contribution in [0.2, 0.25) is 0 Å². The summed E-state index contributed by atoms with van der Waals surface area (Å²) in [7, 11) is 1.49. The molecule has 2 aliphatic heterocycles. The molecule has 41 heavy (non-hydrogen) atoms. The maximum absolute atomic E-state index is 13.4. The van der Waals surface area contributed by atoms with Crippen molar-refractivity contribution in [2.45, 2.75) is 51.7 Å². The third-order valence-electron chi connectivity index (χ3n) is 6.62. The highest BCUT2D eigenvalue weighted by molar-refractivity contribution is 6.03. The summed E-state index contributed by atoms with van der Waals surface area (Å²) in [4.78, 5) is 63.3. The summed E-state index contributed by atoms with van der Waals surface area (Å²) in [5.41, 5.74) is -0.629. The van der Waals surface area contributed by atoms with Gasteiger partial charge < -0.3 is 19.6 Å². The second kappa shape index (κ2) is 10.2. The zero-order valence-corrected chi connectivity index (χ0v) is 22.1. The van der Waals surface area contributed by atoms with Gasteiger partial charge in [-0.2, -0.15) is 18.2 Å². The summed E-state index contributed by atoms with van der Waals surface area (Å²) < 4.78 is 44.3. The van der Waals surface area contributed by atoms with E-state index in [1.165, 1.54) is 48.6 Å². The number of alkyl halides is 3. The minimum Gasteiger partial charge on any atom is -0.337 e. The normalized spacial score (nSPS) is 19.5. The van der Waals surface area contributed by atoms with Gasteiger partial charge in [-0.05, 0) is 32.4 Å². The first-order valence-electron chi connectivity index (χ1n) is 12.2. The summed E-state index contributed by atoms with van der Waals surface area (Å²) >= 11 is 0. The molecule has 4 amide bonds. The third kappa shape index (κ3) is 5.17. The predicted molar refractivity (Wildman–Crippen MR) is 134 cm³/mol. The second-order valence-corrected chi connectivity index (χ2v) is 9.47. The lowest BCUT2D eigenvalue weighted by Crippen LogP contribution is -2.66. The Bertz CT molecular complexity index is 1560. The lowest BCUT2D eigenvalue weighted by atomic mass is 10.1. The van der Waals surface area contributed by atoms with Crippen molar-refractivity contribution >= 4 is 30.0 Å². The van der Waals surface area contributed by atoms with Crippen LogP contribution in [0.15, 0.2) is 34.2 Å². The number of halogens is 3. The molecule has 1 saturated heterocycles. The van der Waals surface area contributed by atoms with E-state index in [4.69, 9.17) is 4.52 Å². The number of amides is 4. The predicted octanol–water partition coefficient (Wildman–Crippen LogP) is 2.02. The fourth-order valence-corrected chi connectivity index (χ4v) is 4.55. The van der Waals surface area contributed by atoms with Crippen molar-refractivity contribution in [1.82, 2.24) is 39.8 Å². The van der Waals surface area contributed by atoms with E-state index in [0.29, 0.717) is 5.82 Å². The number of nitrogens with zero attached hydrogens (tertiary/aromatic N) is 9. The molecular weight excluding hydrogens is 549 g/mol. The molecule has 3 aromatic rings. The Balaban J connectivity index is 1.32. The van der Waals surface area contributed by atoms with Crippen LogP contribution in [-0.4, -0.2) is 89.3 Å². The van der Waals surface area contributed by atoms with E-state index in [2.05, 4.69) is 35.4 Å². The van der Waals surface area contributed by atoms with Crippen LogP contribution >= 0.6 is 0 Å². The number of anilines is 1. The first kappa shape index (κ1) is 27.6. The van der Waals surface area contributed by atoms with Crippen molar-refractivity contribution in [2.75, 3.05) is 12.4 Å². The van der Waals surface area contributed by atoms with Gasteiger partial charge in [0.25, 0.3) is 5.91 Å². The number of urea groups is 1. The number of aryl methyl sites for hydroxylation is 2. The lowest BCUT2D eigenvalue weighted by Gasteiger charge is -2.41. The molecule has 214 valence electrons. The van der Waals surface area contributed by atoms with Gasteiger partial charge in [0.05, 0.1) is 24.4 Å². The van der Waals surface area contributed by atoms with E-state index in [9.17, 15) is 27.6 Å². The standard InChI is InChI=1S/C24H23F3N10O4/c1-11-5-14(6-29-19(11)24(25,26)27)15-7-28-8-16(32-15)33-21(38)12(2)37-10-30-20-18(37)22(39)36(23(40)35(20)4)9-17-31-13(3)34-41-17/h5-8,10,12,18,20H,9H2,1-4H3,(H,32,33,38)/t12-,18?,20?/m0/s1. The van der Waals surface area contributed by atoms with Crippen LogP contribution in [0.4, 0.5) is 23.8 Å². The number of hydrogen-bond donors (Lipinski definition) is 1. The van der Waals surface area contributed by atoms with Gasteiger partial charge in [0, 0.05) is 18.8 Å². The van der Waals surface area contributed by atoms with Crippen molar-refractivity contribution in [3.63, 3.8) is 0 Å². The monoisotopic (exact) mass is 572 g/mol. The average Bonchev–Trinajstić information content (AvgIpc) is 3.55. The molecule has 0 aromatic carbocycles. The molecule has 2 unspecified atom stereocenters. The highest BCUT2D eigenvalue weighted by Gasteiger charge is 2.51. The Hall–Kier alpha value is -4.96. The highest BCUT2D eigenvalue weighted by atomic mass is 19.4. The van der Waals surface area contributed by atoms with E-state index < -0.39 is 48.0 Å². The molecule has 0 spiro atoms. The van der Waals surface area contributed by atoms with Gasteiger partial charge >= 0.3 is 12.2 Å². The van der Waals surface area contributed by atoms with E-state index in [1.807, 2.05) is 0 Å². The molecule has 3 aromatic heterocycles. The molecule has 5 heterocycles. The number of hydrogen-bond acceptors (Lipinski definition) is 11. The average molecular weight is 573 g/mol. The van der Waals surface area contributed by atoms with Crippen molar-refractivity contribution in [3.8, 4) is 11.3 Å². The molecule has 0 radical (unpaired) electrons. The Kier molecular flexibility index (Phi) is 6.88. The molecule has 0 aliphatic carbocycles. The summed E-state index contributed by atoms with van der Waals surface area (Å²) in [6.45, 7) is 4.18. The molecule has 2 aliphatic rings. The van der Waals surface area contributed by atoms with E-state index in [0.717, 1.165) is 11.1 Å². The number of fused-ring (bicyclic) bond motifs is 1. The number of imide groups is 1. The zero-order chi connectivity index (χ0) is 29.6. The van der Waals surface area contributed by atoms with Crippen molar-refractivity contribution < 1.29 is 32.1 Å². The van der Waals surface area contributed by atoms with Crippen LogP contribution < -0.4 is 5.32 Å². The van der Waals surface area contributed by atoms with Gasteiger partial charge in [0.1, 0.15) is 18.3 Å². The summed E-state index contributed by atoms with van der Waals surface area (Å²) in [5, 5.41) is 6.28. The van der Waals surface area contributed by atoms with Crippen LogP contribution in [-0.2, 0) is 22.3 Å². The fourth-order valence-electron chi connectivity index (χ4n) is 4.55. The smallest absolute Gasteiger partial charge is 0.337 e. The Morgan fingerprint density at radius 1 is 1.17 bits per heavy atom. The molecule has 0 bridgehead atoms. The number of aromatic nitrogens is 5. The van der Waals surface area contributed by atoms with Gasteiger partial charge in [-0.25, -0.2) is 14.8 Å². The topological polar surface area (TPSA) is 163 Å². The highest BCUT2D eigenvalue weighted by Crippen LogP contribution is 2.32. The summed E-state index contributed by atoms with van der Waals surface area (Å²) in [6, 6.07) is -1.28. The fraction of sp³-hybridized carbons (Fsp3) is 0.375. The van der Waals surface area contributed by atoms with Gasteiger partial charge in [-0.15, -0.1) is 0 Å². The molecular formula is C24H23F3N10O4. The SMILES string of the molecule is Cc1noc(CN2C(=O)C3C(N=CN3[C@@H](C)C(=O)Nc3cncc(-c4cnc(C(F)(F)F)c(C)c4)n3)N(C)C2=O)n1. The van der Waals surface area contributed by atoms with Gasteiger partial charge in [0.15, 0.2) is 23.8 Å². The van der Waals surface area contributed by atoms with Gasteiger partial charge in [-0.1, -0.05) is 5.16 Å². The van der Waals surface area contributed by atoms with Crippen LogP contribution in [0.3, 0.4) is 0 Å².